The molecule has 2 rings (SSSR count). The highest BCUT2D eigenvalue weighted by Gasteiger charge is 2.20. The van der Waals surface area contributed by atoms with E-state index in [-0.39, 0.29) is 0 Å². The molecule has 0 radical (unpaired) electrons. The third-order valence-electron chi connectivity index (χ3n) is 2.17. The standard InChI is InChI=1S/C9H13N2O/c1-2-4-9(3-1)12-11-7-5-10-6-8-11/h5-9H,1-4H2/q+1. The van der Waals surface area contributed by atoms with Gasteiger partial charge in [-0.15, -0.1) is 0 Å². The highest BCUT2D eigenvalue weighted by Crippen LogP contribution is 2.17. The van der Waals surface area contributed by atoms with Crippen molar-refractivity contribution in [3.05, 3.63) is 24.8 Å². The van der Waals surface area contributed by atoms with E-state index in [1.807, 2.05) is 12.4 Å². The fourth-order valence-electron chi connectivity index (χ4n) is 1.54. The molecule has 0 N–H and O–H groups in total. The summed E-state index contributed by atoms with van der Waals surface area (Å²) in [5, 5.41) is 0. The molecule has 0 aromatic carbocycles. The second-order valence-corrected chi connectivity index (χ2v) is 3.12. The first-order valence-electron chi connectivity index (χ1n) is 4.43. The SMILES string of the molecule is c1c[n+](OC2CCCC2)ccn1. The second kappa shape index (κ2) is 3.52. The minimum absolute atomic E-state index is 0.414. The van der Waals surface area contributed by atoms with E-state index in [9.17, 15) is 0 Å². The van der Waals surface area contributed by atoms with Gasteiger partial charge < -0.3 is 0 Å². The van der Waals surface area contributed by atoms with Gasteiger partial charge in [0.05, 0.1) is 12.4 Å². The van der Waals surface area contributed by atoms with Crippen LogP contribution in [0.15, 0.2) is 24.8 Å². The van der Waals surface area contributed by atoms with Crippen molar-refractivity contribution in [3.63, 3.8) is 0 Å². The summed E-state index contributed by atoms with van der Waals surface area (Å²) in [5.41, 5.74) is 0. The zero-order valence-corrected chi connectivity index (χ0v) is 7.02. The summed E-state index contributed by atoms with van der Waals surface area (Å²) in [6, 6.07) is 0. The second-order valence-electron chi connectivity index (χ2n) is 3.12. The van der Waals surface area contributed by atoms with Crippen LogP contribution in [0.1, 0.15) is 25.7 Å². The Morgan fingerprint density at radius 3 is 2.50 bits per heavy atom. The average molecular weight is 165 g/mol. The Morgan fingerprint density at radius 1 is 1.17 bits per heavy atom. The molecule has 1 saturated carbocycles. The molecule has 0 atom stereocenters. The number of hydrogen-bond donors (Lipinski definition) is 0. The van der Waals surface area contributed by atoms with Crippen molar-refractivity contribution in [1.82, 2.24) is 4.98 Å². The monoisotopic (exact) mass is 165 g/mol. The molecule has 1 aromatic heterocycles. The van der Waals surface area contributed by atoms with Crippen LogP contribution in [0.25, 0.3) is 0 Å². The van der Waals surface area contributed by atoms with E-state index in [0.29, 0.717) is 6.10 Å². The molecule has 3 heteroatoms. The number of aromatic nitrogens is 2. The lowest BCUT2D eigenvalue weighted by atomic mass is 10.3. The van der Waals surface area contributed by atoms with Gasteiger partial charge in [-0.1, -0.05) is 0 Å². The zero-order chi connectivity index (χ0) is 8.23. The predicted octanol–water partition coefficient (Wildman–Crippen LogP) is 0.740. The number of nitrogens with zero attached hydrogens (tertiary/aromatic N) is 2. The lowest BCUT2D eigenvalue weighted by Crippen LogP contribution is -2.46. The van der Waals surface area contributed by atoms with Crippen LogP contribution in [-0.4, -0.2) is 11.1 Å². The van der Waals surface area contributed by atoms with Crippen molar-refractivity contribution in [3.8, 4) is 0 Å². The summed E-state index contributed by atoms with van der Waals surface area (Å²) < 4.78 is 1.74. The third kappa shape index (κ3) is 1.72. The minimum Gasteiger partial charge on any atom is -0.268 e. The first-order chi connectivity index (χ1) is 5.95. The van der Waals surface area contributed by atoms with Crippen LogP contribution in [0.5, 0.6) is 0 Å². The van der Waals surface area contributed by atoms with E-state index in [1.165, 1.54) is 25.7 Å². The van der Waals surface area contributed by atoms with Crippen molar-refractivity contribution < 1.29 is 9.57 Å². The maximum absolute atomic E-state index is 5.65. The zero-order valence-electron chi connectivity index (χ0n) is 7.02. The van der Waals surface area contributed by atoms with Crippen molar-refractivity contribution in [2.75, 3.05) is 0 Å². The fraction of sp³-hybridized carbons (Fsp3) is 0.556. The highest BCUT2D eigenvalue weighted by atomic mass is 16.7. The topological polar surface area (TPSA) is 26.0 Å². The van der Waals surface area contributed by atoms with Crippen LogP contribution in [0.4, 0.5) is 0 Å². The molecule has 3 nitrogen and oxygen atoms in total. The lowest BCUT2D eigenvalue weighted by molar-refractivity contribution is -0.899. The van der Waals surface area contributed by atoms with Gasteiger partial charge in [0, 0.05) is 4.73 Å². The van der Waals surface area contributed by atoms with Crippen molar-refractivity contribution >= 4 is 0 Å². The van der Waals surface area contributed by atoms with Gasteiger partial charge in [0.25, 0.3) is 0 Å². The van der Waals surface area contributed by atoms with E-state index >= 15 is 0 Å². The molecule has 1 fully saturated rings. The maximum atomic E-state index is 5.65. The number of rotatable bonds is 2. The average Bonchev–Trinajstić information content (AvgIpc) is 2.59. The van der Waals surface area contributed by atoms with Gasteiger partial charge in [-0.25, -0.2) is 0 Å². The lowest BCUT2D eigenvalue weighted by Gasteiger charge is -2.03. The molecule has 1 heterocycles. The van der Waals surface area contributed by atoms with Crippen molar-refractivity contribution in [2.45, 2.75) is 31.8 Å². The van der Waals surface area contributed by atoms with Crippen LogP contribution in [0, 0.1) is 0 Å². The molecule has 1 aromatic rings. The Hall–Kier alpha value is -1.12. The van der Waals surface area contributed by atoms with E-state index < -0.39 is 0 Å². The van der Waals surface area contributed by atoms with E-state index in [2.05, 4.69) is 4.98 Å². The van der Waals surface area contributed by atoms with Crippen LogP contribution < -0.4 is 9.57 Å². The first-order valence-corrected chi connectivity index (χ1v) is 4.43. The first kappa shape index (κ1) is 7.53. The molecule has 1 aliphatic rings. The molecule has 0 spiro atoms. The van der Waals surface area contributed by atoms with Gasteiger partial charge in [0.15, 0.2) is 6.10 Å². The summed E-state index contributed by atoms with van der Waals surface area (Å²) in [6.45, 7) is 0. The third-order valence-corrected chi connectivity index (χ3v) is 2.17. The van der Waals surface area contributed by atoms with Crippen LogP contribution in [0.3, 0.4) is 0 Å². The Balaban J connectivity index is 1.94. The van der Waals surface area contributed by atoms with Crippen molar-refractivity contribution in [2.24, 2.45) is 0 Å². The Bertz CT molecular complexity index is 232. The molecule has 0 unspecified atom stereocenters. The molecule has 0 saturated heterocycles. The van der Waals surface area contributed by atoms with Crippen molar-refractivity contribution in [1.29, 1.82) is 0 Å². The Kier molecular flexibility index (Phi) is 2.21. The van der Waals surface area contributed by atoms with Gasteiger partial charge in [-0.3, -0.25) is 9.82 Å². The summed E-state index contributed by atoms with van der Waals surface area (Å²) in [6.07, 6.45) is 12.5. The molecular weight excluding hydrogens is 152 g/mol. The molecule has 12 heavy (non-hydrogen) atoms. The van der Waals surface area contributed by atoms with Crippen LogP contribution in [0.2, 0.25) is 0 Å². The summed E-state index contributed by atoms with van der Waals surface area (Å²) in [7, 11) is 0. The summed E-state index contributed by atoms with van der Waals surface area (Å²) >= 11 is 0. The molecule has 1 aliphatic carbocycles. The van der Waals surface area contributed by atoms with Gasteiger partial charge in [0.2, 0.25) is 12.4 Å². The molecule has 0 bridgehead atoms. The summed E-state index contributed by atoms with van der Waals surface area (Å²) in [5.74, 6) is 0. The van der Waals surface area contributed by atoms with Gasteiger partial charge >= 0.3 is 0 Å². The van der Waals surface area contributed by atoms with Crippen LogP contribution >= 0.6 is 0 Å². The summed E-state index contributed by atoms with van der Waals surface area (Å²) in [4.78, 5) is 9.57. The smallest absolute Gasteiger partial charge is 0.240 e. The van der Waals surface area contributed by atoms with Gasteiger partial charge in [-0.2, -0.15) is 0 Å². The Morgan fingerprint density at radius 2 is 1.83 bits per heavy atom. The molecule has 0 amide bonds. The molecule has 64 valence electrons. The van der Waals surface area contributed by atoms with E-state index in [0.717, 1.165) is 0 Å². The normalized spacial score (nSPS) is 18.0. The minimum atomic E-state index is 0.414. The van der Waals surface area contributed by atoms with Crippen LogP contribution in [-0.2, 0) is 0 Å². The largest absolute Gasteiger partial charge is 0.268 e. The van der Waals surface area contributed by atoms with Gasteiger partial charge in [-0.05, 0) is 25.7 Å². The van der Waals surface area contributed by atoms with E-state index in [4.69, 9.17) is 4.84 Å². The van der Waals surface area contributed by atoms with E-state index in [1.54, 1.807) is 17.1 Å². The predicted molar refractivity (Wildman–Crippen MR) is 43.3 cm³/mol. The highest BCUT2D eigenvalue weighted by molar-refractivity contribution is 4.66. The Labute approximate surface area is 72.0 Å². The maximum Gasteiger partial charge on any atom is 0.240 e. The van der Waals surface area contributed by atoms with Gasteiger partial charge in [0.1, 0.15) is 0 Å². The quantitative estimate of drug-likeness (QED) is 0.604. The molecule has 0 aliphatic heterocycles. The number of hydrogen-bond acceptors (Lipinski definition) is 2. The fourth-order valence-corrected chi connectivity index (χ4v) is 1.54. The molecular formula is C9H13N2O+.